The third-order valence-electron chi connectivity index (χ3n) is 2.72. The molecule has 20 heavy (non-hydrogen) atoms. The van der Waals surface area contributed by atoms with E-state index in [9.17, 15) is 12.9 Å². The predicted molar refractivity (Wildman–Crippen MR) is 67.4 cm³/mol. The molecule has 0 amide bonds. The van der Waals surface area contributed by atoms with Gasteiger partial charge < -0.3 is 17.7 Å². The van der Waals surface area contributed by atoms with Gasteiger partial charge in [-0.3, -0.25) is 4.68 Å². The molecule has 8 heteroatoms. The average Bonchev–Trinajstić information content (AvgIpc) is 2.64. The van der Waals surface area contributed by atoms with Crippen molar-refractivity contribution in [2.75, 3.05) is 0 Å². The molecule has 0 unspecified atom stereocenters. The van der Waals surface area contributed by atoms with E-state index in [0.717, 1.165) is 23.5 Å². The zero-order valence-electron chi connectivity index (χ0n) is 11.6. The summed E-state index contributed by atoms with van der Waals surface area (Å²) in [6.07, 6.45) is 0. The molecule has 0 fully saturated rings. The summed E-state index contributed by atoms with van der Waals surface area (Å²) in [4.78, 5) is 0. The molecule has 1 aromatic carbocycles. The quantitative estimate of drug-likeness (QED) is 0.703. The monoisotopic (exact) mass is 308 g/mol. The summed E-state index contributed by atoms with van der Waals surface area (Å²) in [6, 6.07) is 6.74. The van der Waals surface area contributed by atoms with Crippen LogP contribution in [0.1, 0.15) is 11.4 Å². The van der Waals surface area contributed by atoms with E-state index in [1.54, 1.807) is 11.7 Å². The Kier molecular flexibility index (Phi) is 6.33. The van der Waals surface area contributed by atoms with Crippen molar-refractivity contribution in [1.82, 2.24) is 9.78 Å². The fraction of sp³-hybridized carbons (Fsp3) is 0.250. The van der Waals surface area contributed by atoms with Crippen molar-refractivity contribution in [3.8, 4) is 5.75 Å². The fourth-order valence-corrected chi connectivity index (χ4v) is 1.76. The van der Waals surface area contributed by atoms with Gasteiger partial charge in [0, 0.05) is 7.05 Å². The maximum Gasteiger partial charge on any atom is 1.00 e. The molecule has 2 rings (SSSR count). The van der Waals surface area contributed by atoms with Crippen molar-refractivity contribution < 1.29 is 69.1 Å². The summed E-state index contributed by atoms with van der Waals surface area (Å²) in [5.41, 5.74) is 0.993. The summed E-state index contributed by atoms with van der Waals surface area (Å²) < 4.78 is 44.8. The third kappa shape index (κ3) is 4.63. The van der Waals surface area contributed by atoms with Gasteiger partial charge in [-0.05, 0) is 25.1 Å². The number of hydrogen-bond donors (Lipinski definition) is 0. The summed E-state index contributed by atoms with van der Waals surface area (Å²) in [5.74, 6) is 0.204. The molecule has 1 aromatic heterocycles. The van der Waals surface area contributed by atoms with Crippen molar-refractivity contribution in [2.24, 2.45) is 7.05 Å². The minimum atomic E-state index is -5.00. The molecule has 0 N–H and O–H groups in total. The second kappa shape index (κ2) is 7.13. The molecule has 3 nitrogen and oxygen atoms in total. The van der Waals surface area contributed by atoms with Gasteiger partial charge in [0.15, 0.2) is 0 Å². The van der Waals surface area contributed by atoms with Gasteiger partial charge in [-0.1, -0.05) is 12.1 Å². The van der Waals surface area contributed by atoms with Crippen LogP contribution < -0.4 is 61.6 Å². The molecule has 0 aliphatic rings. The first kappa shape index (κ1) is 17.8. The summed E-state index contributed by atoms with van der Waals surface area (Å²) in [5, 5.41) is 4.14. The van der Waals surface area contributed by atoms with E-state index in [4.69, 9.17) is 4.74 Å². The molecule has 102 valence electrons. The van der Waals surface area contributed by atoms with Crippen LogP contribution in [-0.2, 0) is 13.7 Å². The Morgan fingerprint density at radius 3 is 2.50 bits per heavy atom. The Labute approximate surface area is 158 Å². The fourth-order valence-electron chi connectivity index (χ4n) is 1.76. The molecule has 0 saturated carbocycles. The average molecular weight is 308 g/mol. The van der Waals surface area contributed by atoms with Crippen LogP contribution in [0.5, 0.6) is 5.75 Å². The Morgan fingerprint density at radius 1 is 1.25 bits per heavy atom. The number of aromatic nitrogens is 2. The zero-order valence-corrected chi connectivity index (χ0v) is 14.7. The minimum absolute atomic E-state index is 0. The molecule has 0 saturated heterocycles. The van der Waals surface area contributed by atoms with Gasteiger partial charge in [-0.2, -0.15) is 5.10 Å². The molecule has 0 aliphatic heterocycles. The van der Waals surface area contributed by atoms with Gasteiger partial charge in [0.25, 0.3) is 0 Å². The first-order chi connectivity index (χ1) is 8.86. The van der Waals surface area contributed by atoms with Gasteiger partial charge >= 0.3 is 58.4 Å². The Morgan fingerprint density at radius 2 is 1.95 bits per heavy atom. The van der Waals surface area contributed by atoms with E-state index in [-0.39, 0.29) is 63.7 Å². The number of ether oxygens (including phenoxy) is 1. The van der Waals surface area contributed by atoms with E-state index < -0.39 is 12.4 Å². The minimum Gasteiger partial charge on any atom is -0.487 e. The van der Waals surface area contributed by atoms with Gasteiger partial charge in [-0.15, -0.1) is 5.46 Å². The first-order valence-corrected chi connectivity index (χ1v) is 5.78. The molecule has 2 aromatic rings. The number of aryl methyl sites for hydroxylation is 2. The molecule has 1 heterocycles. The Hall–Kier alpha value is -0.279. The summed E-state index contributed by atoms with van der Waals surface area (Å²) in [7, 11) is 1.76. The van der Waals surface area contributed by atoms with Crippen molar-refractivity contribution in [3.63, 3.8) is 0 Å². The number of nitrogens with zero attached hydrogens (tertiary/aromatic N) is 2. The molecular weight excluding hydrogens is 295 g/mol. The number of benzene rings is 1. The first-order valence-electron chi connectivity index (χ1n) is 5.78. The van der Waals surface area contributed by atoms with E-state index in [0.29, 0.717) is 0 Å². The van der Waals surface area contributed by atoms with Crippen LogP contribution in [0.2, 0.25) is 0 Å². The standard InChI is InChI=1S/C12H13BF3N2O.K/c1-9-6-11(18(2)17-9)8-19-12-5-3-4-10(7-12)13(14,15)16;/h3-7H,8H2,1-2H3;/q-1;+1. The SMILES string of the molecule is Cc1cc(COc2cccc([B-](F)(F)F)c2)n(C)n1.[K+]. The van der Waals surface area contributed by atoms with Crippen LogP contribution >= 0.6 is 0 Å². The Balaban J connectivity index is 0.00000200. The largest absolute Gasteiger partial charge is 1.00 e. The van der Waals surface area contributed by atoms with Crippen molar-refractivity contribution in [3.05, 3.63) is 41.7 Å². The molecule has 0 aliphatic carbocycles. The maximum atomic E-state index is 12.6. The van der Waals surface area contributed by atoms with Crippen LogP contribution in [0.3, 0.4) is 0 Å². The maximum absolute atomic E-state index is 12.6. The zero-order chi connectivity index (χ0) is 14.0. The van der Waals surface area contributed by atoms with Gasteiger partial charge in [0.05, 0.1) is 11.4 Å². The van der Waals surface area contributed by atoms with E-state index >= 15 is 0 Å². The predicted octanol–water partition coefficient (Wildman–Crippen LogP) is -0.634. The van der Waals surface area contributed by atoms with Crippen molar-refractivity contribution in [1.29, 1.82) is 0 Å². The van der Waals surface area contributed by atoms with Gasteiger partial charge in [0.2, 0.25) is 0 Å². The molecule has 0 bridgehead atoms. The molecule has 0 spiro atoms. The molecule has 0 atom stereocenters. The topological polar surface area (TPSA) is 27.1 Å². The summed E-state index contributed by atoms with van der Waals surface area (Å²) in [6.45, 7) is -2.97. The van der Waals surface area contributed by atoms with Gasteiger partial charge in [-0.25, -0.2) is 0 Å². The van der Waals surface area contributed by atoms with Crippen molar-refractivity contribution >= 4 is 12.4 Å². The van der Waals surface area contributed by atoms with Crippen LogP contribution in [0.15, 0.2) is 30.3 Å². The van der Waals surface area contributed by atoms with Crippen LogP contribution in [0.25, 0.3) is 0 Å². The number of hydrogen-bond acceptors (Lipinski definition) is 2. The van der Waals surface area contributed by atoms with E-state index in [2.05, 4.69) is 5.10 Å². The second-order valence-electron chi connectivity index (χ2n) is 4.34. The van der Waals surface area contributed by atoms with Crippen LogP contribution in [0, 0.1) is 6.92 Å². The normalized spacial score (nSPS) is 11.1. The number of rotatable bonds is 4. The van der Waals surface area contributed by atoms with Crippen molar-refractivity contribution in [2.45, 2.75) is 13.5 Å². The van der Waals surface area contributed by atoms with Crippen LogP contribution in [-0.4, -0.2) is 16.8 Å². The van der Waals surface area contributed by atoms with E-state index in [1.165, 1.54) is 12.1 Å². The Bertz CT molecular complexity index is 586. The molecule has 0 radical (unpaired) electrons. The third-order valence-corrected chi connectivity index (χ3v) is 2.72. The second-order valence-corrected chi connectivity index (χ2v) is 4.34. The van der Waals surface area contributed by atoms with Gasteiger partial charge in [0.1, 0.15) is 12.4 Å². The number of halogens is 3. The van der Waals surface area contributed by atoms with Crippen LogP contribution in [0.4, 0.5) is 12.9 Å². The van der Waals surface area contributed by atoms with E-state index in [1.807, 2.05) is 13.0 Å². The summed E-state index contributed by atoms with van der Waals surface area (Å²) >= 11 is 0. The molecular formula is C12H13BF3KN2O. The smallest absolute Gasteiger partial charge is 0.487 e.